The SMILES string of the molecule is COc1cccc(CN2C(=O)N(c3cccc(C(F)(F)F)c3)[C@H](n3oc(=O)n(-c4cccc(C(F)(F)F)c4)c3=O)C2(C)C)c1OC. The number of carbonyl (C=O) groups excluding carboxylic acids is 1. The summed E-state index contributed by atoms with van der Waals surface area (Å²) in [5, 5.41) is 0. The number of carbonyl (C=O) groups is 1. The summed E-state index contributed by atoms with van der Waals surface area (Å²) in [6, 6.07) is 11.1. The quantitative estimate of drug-likeness (QED) is 0.225. The molecule has 46 heavy (non-hydrogen) atoms. The molecule has 0 bridgehead atoms. The van der Waals surface area contributed by atoms with Crippen LogP contribution in [0.1, 0.15) is 36.7 Å². The fraction of sp³-hybridized carbons (Fsp3) is 0.300. The van der Waals surface area contributed by atoms with E-state index in [1.165, 1.54) is 39.0 Å². The van der Waals surface area contributed by atoms with Crippen molar-refractivity contribution in [3.63, 3.8) is 0 Å². The number of hydrogen-bond acceptors (Lipinski definition) is 6. The molecule has 1 atom stereocenters. The number of halogens is 6. The van der Waals surface area contributed by atoms with Gasteiger partial charge in [0.05, 0.1) is 43.1 Å². The van der Waals surface area contributed by atoms with Crippen molar-refractivity contribution in [1.29, 1.82) is 0 Å². The van der Waals surface area contributed by atoms with Crippen LogP contribution in [0.25, 0.3) is 5.69 Å². The molecule has 0 N–H and O–H groups in total. The molecule has 2 amide bonds. The van der Waals surface area contributed by atoms with Crippen molar-refractivity contribution in [2.75, 3.05) is 19.1 Å². The normalized spacial score (nSPS) is 16.7. The number of para-hydroxylation sites is 1. The second kappa shape index (κ2) is 11.3. The third kappa shape index (κ3) is 5.47. The van der Waals surface area contributed by atoms with Gasteiger partial charge in [-0.15, -0.1) is 4.74 Å². The molecule has 1 aliphatic rings. The zero-order chi connectivity index (χ0) is 33.8. The molecule has 10 nitrogen and oxygen atoms in total. The Morgan fingerprint density at radius 2 is 1.37 bits per heavy atom. The van der Waals surface area contributed by atoms with Gasteiger partial charge in [0.2, 0.25) is 0 Å². The zero-order valence-electron chi connectivity index (χ0n) is 24.6. The maximum absolute atomic E-state index is 14.2. The topological polar surface area (TPSA) is 99.1 Å². The highest BCUT2D eigenvalue weighted by Crippen LogP contribution is 2.45. The Balaban J connectivity index is 1.71. The molecule has 0 spiro atoms. The molecule has 5 rings (SSSR count). The van der Waals surface area contributed by atoms with Crippen LogP contribution in [0, 0.1) is 0 Å². The van der Waals surface area contributed by atoms with Crippen molar-refractivity contribution in [3.8, 4) is 17.2 Å². The van der Waals surface area contributed by atoms with Gasteiger partial charge in [0.25, 0.3) is 0 Å². The number of benzene rings is 3. The Kier molecular flexibility index (Phi) is 7.95. The van der Waals surface area contributed by atoms with Crippen molar-refractivity contribution in [1.82, 2.24) is 14.2 Å². The van der Waals surface area contributed by atoms with Gasteiger partial charge < -0.3 is 18.9 Å². The molecule has 2 heterocycles. The summed E-state index contributed by atoms with van der Waals surface area (Å²) in [6.45, 7) is 2.78. The van der Waals surface area contributed by atoms with Crippen LogP contribution in [0.3, 0.4) is 0 Å². The van der Waals surface area contributed by atoms with E-state index in [9.17, 15) is 40.7 Å². The largest absolute Gasteiger partial charge is 0.493 e. The van der Waals surface area contributed by atoms with Crippen molar-refractivity contribution in [3.05, 3.63) is 104 Å². The summed E-state index contributed by atoms with van der Waals surface area (Å²) in [7, 11) is 2.78. The maximum Gasteiger partial charge on any atom is 0.447 e. The Hall–Kier alpha value is -5.15. The molecule has 1 aliphatic heterocycles. The van der Waals surface area contributed by atoms with E-state index in [0.717, 1.165) is 35.2 Å². The minimum absolute atomic E-state index is 0.203. The first-order chi connectivity index (χ1) is 21.5. The van der Waals surface area contributed by atoms with Crippen LogP contribution >= 0.6 is 0 Å². The Bertz CT molecular complexity index is 1910. The molecule has 0 aliphatic carbocycles. The van der Waals surface area contributed by atoms with Crippen LogP contribution < -0.4 is 25.8 Å². The first-order valence-electron chi connectivity index (χ1n) is 13.5. The number of nitrogens with zero attached hydrogens (tertiary/aromatic N) is 4. The molecule has 244 valence electrons. The molecule has 16 heteroatoms. The van der Waals surface area contributed by atoms with E-state index in [2.05, 4.69) is 0 Å². The number of amides is 2. The van der Waals surface area contributed by atoms with Crippen LogP contribution in [0.4, 0.5) is 36.8 Å². The van der Waals surface area contributed by atoms with Crippen LogP contribution in [0.5, 0.6) is 11.5 Å². The third-order valence-corrected chi connectivity index (χ3v) is 7.67. The second-order valence-corrected chi connectivity index (χ2v) is 10.8. The predicted octanol–water partition coefficient (Wildman–Crippen LogP) is 6.07. The lowest BCUT2D eigenvalue weighted by Crippen LogP contribution is -2.46. The summed E-state index contributed by atoms with van der Waals surface area (Å²) >= 11 is 0. The van der Waals surface area contributed by atoms with E-state index in [1.807, 2.05) is 0 Å². The Morgan fingerprint density at radius 1 is 0.804 bits per heavy atom. The molecule has 1 aromatic heterocycles. The van der Waals surface area contributed by atoms with Gasteiger partial charge in [0, 0.05) is 11.3 Å². The minimum atomic E-state index is -4.80. The standard InChI is InChI=1S/C30H26F6N4O6/c1-28(2)24(40-26(42)39(27(43)46-40)21-12-7-10-19(15-21)30(34,35)36)38(20-11-6-9-18(14-20)29(31,32)33)25(41)37(28)16-17-8-5-13-22(44-3)23(17)45-4/h5-15,24H,16H2,1-4H3/t24-/m1/s1. The molecule has 0 saturated carbocycles. The summed E-state index contributed by atoms with van der Waals surface area (Å²) < 4.78 is 98.3. The fourth-order valence-electron chi connectivity index (χ4n) is 5.46. The molecule has 0 radical (unpaired) electrons. The van der Waals surface area contributed by atoms with Gasteiger partial charge in [-0.2, -0.15) is 30.9 Å². The zero-order valence-corrected chi connectivity index (χ0v) is 24.6. The second-order valence-electron chi connectivity index (χ2n) is 10.8. The van der Waals surface area contributed by atoms with Gasteiger partial charge in [-0.05, 0) is 56.3 Å². The number of aromatic nitrogens is 2. The molecular formula is C30H26F6N4O6. The Labute approximate surface area is 256 Å². The van der Waals surface area contributed by atoms with Gasteiger partial charge in [-0.25, -0.2) is 14.4 Å². The van der Waals surface area contributed by atoms with Gasteiger partial charge >= 0.3 is 29.8 Å². The Morgan fingerprint density at radius 3 is 1.93 bits per heavy atom. The van der Waals surface area contributed by atoms with Crippen LogP contribution in [-0.4, -0.2) is 40.0 Å². The van der Waals surface area contributed by atoms with E-state index < -0.39 is 58.3 Å². The molecule has 1 fully saturated rings. The average molecular weight is 653 g/mol. The van der Waals surface area contributed by atoms with Gasteiger partial charge in [-0.3, -0.25) is 4.90 Å². The molecular weight excluding hydrogens is 626 g/mol. The first-order valence-corrected chi connectivity index (χ1v) is 13.5. The van der Waals surface area contributed by atoms with Crippen molar-refractivity contribution in [2.24, 2.45) is 0 Å². The van der Waals surface area contributed by atoms with E-state index in [1.54, 1.807) is 18.2 Å². The molecule has 4 aromatic rings. The summed E-state index contributed by atoms with van der Waals surface area (Å²) in [5.41, 5.74) is -5.37. The first kappa shape index (κ1) is 32.2. The lowest BCUT2D eigenvalue weighted by Gasteiger charge is -2.34. The van der Waals surface area contributed by atoms with Crippen molar-refractivity contribution < 1.29 is 45.1 Å². The van der Waals surface area contributed by atoms with E-state index in [-0.39, 0.29) is 18.0 Å². The highest BCUT2D eigenvalue weighted by molar-refractivity contribution is 5.95. The average Bonchev–Trinajstić information content (AvgIpc) is 3.39. The number of ether oxygens (including phenoxy) is 2. The summed E-state index contributed by atoms with van der Waals surface area (Å²) in [5.74, 6) is -0.789. The highest BCUT2D eigenvalue weighted by Gasteiger charge is 2.55. The van der Waals surface area contributed by atoms with Gasteiger partial charge in [0.1, 0.15) is 0 Å². The lowest BCUT2D eigenvalue weighted by atomic mass is 9.99. The van der Waals surface area contributed by atoms with Crippen LogP contribution in [0.2, 0.25) is 0 Å². The van der Waals surface area contributed by atoms with Crippen molar-refractivity contribution in [2.45, 2.75) is 44.4 Å². The van der Waals surface area contributed by atoms with Gasteiger partial charge in [-0.1, -0.05) is 24.3 Å². The number of urea groups is 1. The van der Waals surface area contributed by atoms with Crippen molar-refractivity contribution >= 4 is 11.7 Å². The van der Waals surface area contributed by atoms with E-state index >= 15 is 0 Å². The van der Waals surface area contributed by atoms with Crippen LogP contribution in [0.15, 0.2) is 80.8 Å². The fourth-order valence-corrected chi connectivity index (χ4v) is 5.46. The smallest absolute Gasteiger partial charge is 0.447 e. The lowest BCUT2D eigenvalue weighted by molar-refractivity contribution is -0.138. The molecule has 3 aromatic carbocycles. The van der Waals surface area contributed by atoms with Gasteiger partial charge in [0.15, 0.2) is 17.7 Å². The number of anilines is 1. The number of rotatable bonds is 7. The maximum atomic E-state index is 14.2. The third-order valence-electron chi connectivity index (χ3n) is 7.67. The van der Waals surface area contributed by atoms with E-state index in [4.69, 9.17) is 14.0 Å². The molecule has 1 saturated heterocycles. The summed E-state index contributed by atoms with van der Waals surface area (Å²) in [6.07, 6.45) is -11.2. The summed E-state index contributed by atoms with van der Waals surface area (Å²) in [4.78, 5) is 43.1. The highest BCUT2D eigenvalue weighted by atomic mass is 19.4. The molecule has 0 unspecified atom stereocenters. The monoisotopic (exact) mass is 652 g/mol. The predicted molar refractivity (Wildman–Crippen MR) is 151 cm³/mol. The number of alkyl halides is 6. The number of hydrogen-bond donors (Lipinski definition) is 0. The van der Waals surface area contributed by atoms with Crippen LogP contribution in [-0.2, 0) is 18.9 Å². The number of methoxy groups -OCH3 is 2. The minimum Gasteiger partial charge on any atom is -0.493 e. The van der Waals surface area contributed by atoms with E-state index in [0.29, 0.717) is 32.8 Å².